The van der Waals surface area contributed by atoms with Gasteiger partial charge >= 0.3 is 12.0 Å². The summed E-state index contributed by atoms with van der Waals surface area (Å²) in [6, 6.07) is 3.56. The van der Waals surface area contributed by atoms with Crippen LogP contribution >= 0.6 is 0 Å². The molecule has 7 heteroatoms. The second-order valence-corrected chi connectivity index (χ2v) is 3.00. The molecule has 0 unspecified atom stereocenters. The number of carbonyl (C=O) groups excluding carboxylic acids is 3. The molecule has 0 saturated heterocycles. The van der Waals surface area contributed by atoms with Crippen LogP contribution in [0, 0.1) is 5.82 Å². The van der Waals surface area contributed by atoms with E-state index in [2.05, 4.69) is 10.5 Å². The number of nitrogens with one attached hydrogen (secondary N) is 1. The lowest BCUT2D eigenvalue weighted by atomic mass is 10.2. The van der Waals surface area contributed by atoms with E-state index < -0.39 is 30.3 Å². The van der Waals surface area contributed by atoms with Crippen LogP contribution < -0.4 is 11.1 Å². The van der Waals surface area contributed by atoms with Crippen molar-refractivity contribution in [2.24, 2.45) is 5.73 Å². The van der Waals surface area contributed by atoms with Gasteiger partial charge in [0.2, 0.25) is 0 Å². The molecule has 90 valence electrons. The molecule has 0 bridgehead atoms. The minimum Gasteiger partial charge on any atom is -0.452 e. The number of rotatable bonds is 3. The summed E-state index contributed by atoms with van der Waals surface area (Å²) in [6.07, 6.45) is 0. The number of hydrogen-bond acceptors (Lipinski definition) is 4. The molecule has 3 amide bonds. The van der Waals surface area contributed by atoms with Gasteiger partial charge in [-0.2, -0.15) is 0 Å². The normalized spacial score (nSPS) is 9.47. The fourth-order valence-electron chi connectivity index (χ4n) is 0.974. The minimum atomic E-state index is -1.03. The van der Waals surface area contributed by atoms with Gasteiger partial charge in [0.15, 0.2) is 6.61 Å². The number of ether oxygens (including phenoxy) is 1. The first kappa shape index (κ1) is 12.6. The molecule has 0 saturated carbocycles. The summed E-state index contributed by atoms with van der Waals surface area (Å²) < 4.78 is 17.1. The van der Waals surface area contributed by atoms with Crippen molar-refractivity contribution in [1.82, 2.24) is 5.32 Å². The van der Waals surface area contributed by atoms with Crippen molar-refractivity contribution in [3.8, 4) is 0 Å². The number of amides is 3. The van der Waals surface area contributed by atoms with Crippen molar-refractivity contribution < 1.29 is 23.5 Å². The van der Waals surface area contributed by atoms with Crippen molar-refractivity contribution in [2.75, 3.05) is 6.61 Å². The molecule has 0 aromatic heterocycles. The maximum absolute atomic E-state index is 12.5. The summed E-state index contributed by atoms with van der Waals surface area (Å²) >= 11 is 0. The lowest BCUT2D eigenvalue weighted by molar-refractivity contribution is -0.123. The fraction of sp³-hybridized carbons (Fsp3) is 0.100. The van der Waals surface area contributed by atoms with Gasteiger partial charge in [0, 0.05) is 0 Å². The van der Waals surface area contributed by atoms with E-state index in [1.54, 1.807) is 5.32 Å². The van der Waals surface area contributed by atoms with Gasteiger partial charge in [0.25, 0.3) is 5.91 Å². The molecule has 1 rings (SSSR count). The summed E-state index contributed by atoms with van der Waals surface area (Å²) in [5, 5.41) is 1.72. The molecule has 6 nitrogen and oxygen atoms in total. The molecule has 0 aliphatic rings. The van der Waals surface area contributed by atoms with Crippen molar-refractivity contribution >= 4 is 17.9 Å². The smallest absolute Gasteiger partial charge is 0.338 e. The number of carbonyl (C=O) groups is 3. The third-order valence-electron chi connectivity index (χ3n) is 1.68. The number of primary amides is 1. The Kier molecular flexibility index (Phi) is 4.15. The first-order chi connectivity index (χ1) is 7.99. The van der Waals surface area contributed by atoms with Crippen LogP contribution in [0.1, 0.15) is 10.4 Å². The number of nitrogens with two attached hydrogens (primary N) is 1. The highest BCUT2D eigenvalue weighted by atomic mass is 19.1. The van der Waals surface area contributed by atoms with Crippen LogP contribution in [0.3, 0.4) is 0 Å². The third kappa shape index (κ3) is 4.29. The molecule has 0 spiro atoms. The van der Waals surface area contributed by atoms with Gasteiger partial charge < -0.3 is 10.5 Å². The van der Waals surface area contributed by atoms with E-state index in [1.807, 2.05) is 0 Å². The number of urea groups is 1. The fourth-order valence-corrected chi connectivity index (χ4v) is 0.974. The molecule has 0 aliphatic heterocycles. The van der Waals surface area contributed by atoms with Crippen molar-refractivity contribution in [3.05, 3.63) is 35.6 Å². The predicted molar refractivity (Wildman–Crippen MR) is 54.4 cm³/mol. The average Bonchev–Trinajstić information content (AvgIpc) is 2.26. The van der Waals surface area contributed by atoms with E-state index >= 15 is 0 Å². The van der Waals surface area contributed by atoms with E-state index in [1.165, 1.54) is 12.1 Å². The maximum atomic E-state index is 12.5. The van der Waals surface area contributed by atoms with Gasteiger partial charge in [0.05, 0.1) is 5.56 Å². The highest BCUT2D eigenvalue weighted by Crippen LogP contribution is 2.04. The first-order valence-corrected chi connectivity index (χ1v) is 4.51. The maximum Gasteiger partial charge on any atom is 0.338 e. The Morgan fingerprint density at radius 2 is 1.82 bits per heavy atom. The lowest BCUT2D eigenvalue weighted by Gasteiger charge is -2.03. The molecule has 0 atom stereocenters. The zero-order valence-corrected chi connectivity index (χ0v) is 8.60. The van der Waals surface area contributed by atoms with E-state index in [-0.39, 0.29) is 5.56 Å². The Morgan fingerprint density at radius 3 is 2.35 bits per heavy atom. The van der Waals surface area contributed by atoms with Gasteiger partial charge in [0.1, 0.15) is 5.82 Å². The second-order valence-electron chi connectivity index (χ2n) is 3.00. The van der Waals surface area contributed by atoms with Gasteiger partial charge in [-0.25, -0.2) is 14.0 Å². The van der Waals surface area contributed by atoms with Crippen LogP contribution in [-0.2, 0) is 9.53 Å². The van der Waals surface area contributed by atoms with Crippen LogP contribution in [0.2, 0.25) is 0 Å². The Hall–Kier alpha value is -2.44. The largest absolute Gasteiger partial charge is 0.452 e. The summed E-state index contributed by atoms with van der Waals surface area (Å²) in [5.41, 5.74) is 4.77. The summed E-state index contributed by atoms with van der Waals surface area (Å²) in [7, 11) is 0. The van der Waals surface area contributed by atoms with Crippen molar-refractivity contribution in [2.45, 2.75) is 0 Å². The molecule has 0 fully saturated rings. The topological polar surface area (TPSA) is 98.5 Å². The first-order valence-electron chi connectivity index (χ1n) is 4.51. The molecule has 0 radical (unpaired) electrons. The molecule has 17 heavy (non-hydrogen) atoms. The second kappa shape index (κ2) is 5.59. The van der Waals surface area contributed by atoms with Crippen molar-refractivity contribution in [1.29, 1.82) is 0 Å². The van der Waals surface area contributed by atoms with E-state index in [0.717, 1.165) is 12.1 Å². The number of esters is 1. The van der Waals surface area contributed by atoms with Crippen molar-refractivity contribution in [3.63, 3.8) is 0 Å². The number of imide groups is 1. The highest BCUT2D eigenvalue weighted by Gasteiger charge is 2.10. The van der Waals surface area contributed by atoms with Gasteiger partial charge in [-0.3, -0.25) is 10.1 Å². The van der Waals surface area contributed by atoms with E-state index in [9.17, 15) is 18.8 Å². The zero-order valence-electron chi connectivity index (χ0n) is 8.60. The third-order valence-corrected chi connectivity index (χ3v) is 1.68. The van der Waals surface area contributed by atoms with Crippen LogP contribution in [0.4, 0.5) is 9.18 Å². The van der Waals surface area contributed by atoms with Gasteiger partial charge in [-0.05, 0) is 24.3 Å². The monoisotopic (exact) mass is 240 g/mol. The van der Waals surface area contributed by atoms with Crippen LogP contribution in [-0.4, -0.2) is 24.5 Å². The Bertz CT molecular complexity index is 444. The van der Waals surface area contributed by atoms with Gasteiger partial charge in [-0.15, -0.1) is 0 Å². The number of halogens is 1. The molecular formula is C10H9FN2O4. The quantitative estimate of drug-likeness (QED) is 0.736. The van der Waals surface area contributed by atoms with Gasteiger partial charge in [-0.1, -0.05) is 0 Å². The van der Waals surface area contributed by atoms with Crippen LogP contribution in [0.5, 0.6) is 0 Å². The lowest BCUT2D eigenvalue weighted by Crippen LogP contribution is -2.37. The standard InChI is InChI=1S/C10H9FN2O4/c11-7-3-1-6(2-4-7)9(15)17-5-8(14)13-10(12)16/h1-4H,5H2,(H3,12,13,14,16). The molecular weight excluding hydrogens is 231 g/mol. The average molecular weight is 240 g/mol. The molecule has 0 heterocycles. The van der Waals surface area contributed by atoms with E-state index in [4.69, 9.17) is 0 Å². The van der Waals surface area contributed by atoms with E-state index in [0.29, 0.717) is 0 Å². The summed E-state index contributed by atoms with van der Waals surface area (Å²) in [6.45, 7) is -0.640. The van der Waals surface area contributed by atoms with Crippen LogP contribution in [0.25, 0.3) is 0 Å². The summed E-state index contributed by atoms with van der Waals surface area (Å²) in [4.78, 5) is 32.5. The number of benzene rings is 1. The summed E-state index contributed by atoms with van der Waals surface area (Å²) in [5.74, 6) is -2.13. The molecule has 3 N–H and O–H groups in total. The molecule has 0 aliphatic carbocycles. The Labute approximate surface area is 95.5 Å². The minimum absolute atomic E-state index is 0.0956. The Morgan fingerprint density at radius 1 is 1.24 bits per heavy atom. The molecule has 1 aromatic rings. The Balaban J connectivity index is 2.47. The zero-order chi connectivity index (χ0) is 12.8. The SMILES string of the molecule is NC(=O)NC(=O)COC(=O)c1ccc(F)cc1. The highest BCUT2D eigenvalue weighted by molar-refractivity contribution is 5.96. The molecule has 1 aromatic carbocycles. The predicted octanol–water partition coefficient (Wildman–Crippen LogP) is 0.177. The number of hydrogen-bond donors (Lipinski definition) is 2. The van der Waals surface area contributed by atoms with Crippen LogP contribution in [0.15, 0.2) is 24.3 Å².